The van der Waals surface area contributed by atoms with Crippen molar-refractivity contribution in [2.45, 2.75) is 45.2 Å². The number of carboxylic acids is 1. The van der Waals surface area contributed by atoms with Crippen LogP contribution in [0.5, 0.6) is 0 Å². The van der Waals surface area contributed by atoms with E-state index in [4.69, 9.17) is 10.8 Å². The second-order valence-corrected chi connectivity index (χ2v) is 5.09. The van der Waals surface area contributed by atoms with Crippen LogP contribution < -0.4 is 11.2 Å². The fraction of sp³-hybridized carbons (Fsp3) is 0.538. The number of carbonyl (C=O) groups is 1. The summed E-state index contributed by atoms with van der Waals surface area (Å²) in [7, 11) is 0. The lowest BCUT2D eigenvalue weighted by molar-refractivity contribution is 0.0690. The Morgan fingerprint density at radius 3 is 2.63 bits per heavy atom. The molecule has 0 amide bonds. The summed E-state index contributed by atoms with van der Waals surface area (Å²) in [5, 5.41) is 11.1. The largest absolute Gasteiger partial charge is 0.477 e. The fourth-order valence-corrected chi connectivity index (χ4v) is 2.44. The van der Waals surface area contributed by atoms with Crippen LogP contribution in [-0.4, -0.2) is 33.2 Å². The van der Waals surface area contributed by atoms with Crippen LogP contribution >= 0.6 is 0 Å². The Bertz CT molecular complexity index is 468. The Morgan fingerprint density at radius 1 is 1.42 bits per heavy atom. The van der Waals surface area contributed by atoms with Gasteiger partial charge in [0.1, 0.15) is 0 Å². The van der Waals surface area contributed by atoms with Crippen molar-refractivity contribution in [2.24, 2.45) is 0 Å². The number of rotatable bonds is 3. The van der Waals surface area contributed by atoms with E-state index >= 15 is 0 Å². The number of piperidine rings is 1. The van der Waals surface area contributed by atoms with Crippen molar-refractivity contribution in [3.8, 4) is 0 Å². The second-order valence-electron chi connectivity index (χ2n) is 5.09. The standard InChI is InChI=1S/C13H20N4O2/c1-8-4-3-5-9(2)17(8)16-12-10(14)6-7-11(15-12)13(18)19/h6-9H,3-5,14H2,1-2H3,(H,15,16)(H,18,19). The van der Waals surface area contributed by atoms with Crippen LogP contribution in [0.15, 0.2) is 12.1 Å². The van der Waals surface area contributed by atoms with Gasteiger partial charge in [-0.25, -0.2) is 14.8 Å². The first kappa shape index (κ1) is 13.6. The van der Waals surface area contributed by atoms with Gasteiger partial charge in [0, 0.05) is 12.1 Å². The number of nitrogens with one attached hydrogen (secondary N) is 1. The fourth-order valence-electron chi connectivity index (χ4n) is 2.44. The molecule has 0 bridgehead atoms. The summed E-state index contributed by atoms with van der Waals surface area (Å²) in [6, 6.07) is 3.72. The number of nitrogens with zero attached hydrogens (tertiary/aromatic N) is 2. The molecule has 1 saturated heterocycles. The van der Waals surface area contributed by atoms with Crippen LogP contribution in [-0.2, 0) is 0 Å². The number of nitrogen functional groups attached to an aromatic ring is 1. The molecule has 2 heterocycles. The smallest absolute Gasteiger partial charge is 0.354 e. The number of aromatic nitrogens is 1. The molecule has 2 unspecified atom stereocenters. The van der Waals surface area contributed by atoms with Gasteiger partial charge in [-0.15, -0.1) is 0 Å². The number of anilines is 2. The summed E-state index contributed by atoms with van der Waals surface area (Å²) in [5.41, 5.74) is 9.48. The van der Waals surface area contributed by atoms with E-state index in [1.165, 1.54) is 12.5 Å². The first-order valence-electron chi connectivity index (χ1n) is 6.54. The number of hydrogen-bond donors (Lipinski definition) is 3. The summed E-state index contributed by atoms with van der Waals surface area (Å²) in [6.07, 6.45) is 3.42. The highest BCUT2D eigenvalue weighted by atomic mass is 16.4. The molecule has 0 aromatic carbocycles. The maximum atomic E-state index is 10.9. The van der Waals surface area contributed by atoms with Crippen LogP contribution in [0.4, 0.5) is 11.5 Å². The van der Waals surface area contributed by atoms with Crippen molar-refractivity contribution in [1.29, 1.82) is 0 Å². The topological polar surface area (TPSA) is 91.5 Å². The summed E-state index contributed by atoms with van der Waals surface area (Å²) < 4.78 is 0. The third-order valence-electron chi connectivity index (χ3n) is 3.57. The summed E-state index contributed by atoms with van der Waals surface area (Å²) >= 11 is 0. The van der Waals surface area contributed by atoms with Gasteiger partial charge in [-0.3, -0.25) is 0 Å². The number of hydrogen-bond acceptors (Lipinski definition) is 5. The zero-order valence-corrected chi connectivity index (χ0v) is 11.3. The quantitative estimate of drug-likeness (QED) is 0.773. The molecule has 6 nitrogen and oxygen atoms in total. The van der Waals surface area contributed by atoms with E-state index in [0.29, 0.717) is 23.6 Å². The molecule has 1 aromatic rings. The van der Waals surface area contributed by atoms with E-state index in [9.17, 15) is 4.79 Å². The highest BCUT2D eigenvalue weighted by Crippen LogP contribution is 2.25. The number of hydrazine groups is 1. The minimum atomic E-state index is -1.05. The van der Waals surface area contributed by atoms with Crippen LogP contribution in [0.2, 0.25) is 0 Å². The van der Waals surface area contributed by atoms with Gasteiger partial charge in [0.25, 0.3) is 0 Å². The average molecular weight is 264 g/mol. The Balaban J connectivity index is 2.21. The SMILES string of the molecule is CC1CCCC(C)N1Nc1nc(C(=O)O)ccc1N. The Morgan fingerprint density at radius 2 is 2.05 bits per heavy atom. The maximum Gasteiger partial charge on any atom is 0.354 e. The van der Waals surface area contributed by atoms with Gasteiger partial charge >= 0.3 is 5.97 Å². The van der Waals surface area contributed by atoms with E-state index in [1.807, 2.05) is 0 Å². The first-order chi connectivity index (χ1) is 8.99. The van der Waals surface area contributed by atoms with Gasteiger partial charge < -0.3 is 16.3 Å². The summed E-state index contributed by atoms with van der Waals surface area (Å²) in [4.78, 5) is 15.0. The zero-order valence-electron chi connectivity index (χ0n) is 11.3. The Kier molecular flexibility index (Phi) is 3.90. The van der Waals surface area contributed by atoms with Gasteiger partial charge in [0.2, 0.25) is 0 Å². The van der Waals surface area contributed by atoms with Gasteiger partial charge in [-0.2, -0.15) is 0 Å². The Labute approximate surface area is 112 Å². The van der Waals surface area contributed by atoms with E-state index in [1.54, 1.807) is 6.07 Å². The van der Waals surface area contributed by atoms with Gasteiger partial charge in [-0.05, 0) is 38.8 Å². The molecule has 2 atom stereocenters. The Hall–Kier alpha value is -1.82. The van der Waals surface area contributed by atoms with Crippen molar-refractivity contribution in [1.82, 2.24) is 9.99 Å². The zero-order chi connectivity index (χ0) is 14.0. The monoisotopic (exact) mass is 264 g/mol. The van der Waals surface area contributed by atoms with Crippen LogP contribution in [0, 0.1) is 0 Å². The highest BCUT2D eigenvalue weighted by molar-refractivity contribution is 5.86. The molecular weight excluding hydrogens is 244 g/mol. The van der Waals surface area contributed by atoms with Crippen molar-refractivity contribution in [3.63, 3.8) is 0 Å². The molecule has 0 radical (unpaired) electrons. The van der Waals surface area contributed by atoms with Crippen molar-refractivity contribution < 1.29 is 9.90 Å². The summed E-state index contributed by atoms with van der Waals surface area (Å²) in [5.74, 6) is -0.636. The third-order valence-corrected chi connectivity index (χ3v) is 3.57. The molecule has 0 saturated carbocycles. The van der Waals surface area contributed by atoms with Crippen molar-refractivity contribution in [2.75, 3.05) is 11.2 Å². The van der Waals surface area contributed by atoms with E-state index in [-0.39, 0.29) is 5.69 Å². The van der Waals surface area contributed by atoms with Crippen molar-refractivity contribution in [3.05, 3.63) is 17.8 Å². The molecule has 2 rings (SSSR count). The van der Waals surface area contributed by atoms with Gasteiger partial charge in [0.05, 0.1) is 5.69 Å². The molecule has 1 aromatic heterocycles. The number of nitrogens with two attached hydrogens (primary N) is 1. The molecule has 1 aliphatic rings. The molecule has 19 heavy (non-hydrogen) atoms. The lowest BCUT2D eigenvalue weighted by Crippen LogP contribution is -2.47. The first-order valence-corrected chi connectivity index (χ1v) is 6.54. The van der Waals surface area contributed by atoms with Crippen LogP contribution in [0.3, 0.4) is 0 Å². The minimum Gasteiger partial charge on any atom is -0.477 e. The lowest BCUT2D eigenvalue weighted by Gasteiger charge is -2.39. The predicted molar refractivity (Wildman–Crippen MR) is 73.8 cm³/mol. The third kappa shape index (κ3) is 2.96. The predicted octanol–water partition coefficient (Wildman–Crippen LogP) is 1.95. The number of aromatic carboxylic acids is 1. The lowest BCUT2D eigenvalue weighted by atomic mass is 10.00. The molecule has 104 valence electrons. The molecule has 1 aliphatic heterocycles. The minimum absolute atomic E-state index is 0.00554. The number of carboxylic acid groups (broad SMARTS) is 1. The summed E-state index contributed by atoms with van der Waals surface area (Å²) in [6.45, 7) is 4.28. The van der Waals surface area contributed by atoms with Crippen LogP contribution in [0.25, 0.3) is 0 Å². The van der Waals surface area contributed by atoms with E-state index < -0.39 is 5.97 Å². The molecule has 1 fully saturated rings. The molecular formula is C13H20N4O2. The maximum absolute atomic E-state index is 10.9. The van der Waals surface area contributed by atoms with E-state index in [2.05, 4.69) is 29.3 Å². The molecule has 6 heteroatoms. The normalized spacial score (nSPS) is 24.1. The van der Waals surface area contributed by atoms with Gasteiger partial charge in [-0.1, -0.05) is 6.42 Å². The van der Waals surface area contributed by atoms with Crippen molar-refractivity contribution >= 4 is 17.5 Å². The number of pyridine rings is 1. The van der Waals surface area contributed by atoms with Crippen LogP contribution in [0.1, 0.15) is 43.6 Å². The molecule has 4 N–H and O–H groups in total. The second kappa shape index (κ2) is 5.44. The molecule has 0 aliphatic carbocycles. The van der Waals surface area contributed by atoms with E-state index in [0.717, 1.165) is 12.8 Å². The van der Waals surface area contributed by atoms with Gasteiger partial charge in [0.15, 0.2) is 11.5 Å². The molecule has 0 spiro atoms. The highest BCUT2D eigenvalue weighted by Gasteiger charge is 2.25. The average Bonchev–Trinajstić information content (AvgIpc) is 2.35.